The Bertz CT molecular complexity index is 2900. The van der Waals surface area contributed by atoms with Crippen LogP contribution in [-0.4, -0.2) is 24.1 Å². The fraction of sp³-hybridized carbons (Fsp3) is 0.0208. The van der Waals surface area contributed by atoms with Gasteiger partial charge in [-0.2, -0.15) is 0 Å². The first-order valence-electron chi connectivity index (χ1n) is 17.9. The summed E-state index contributed by atoms with van der Waals surface area (Å²) in [5, 5.41) is 2.48. The molecule has 5 heteroatoms. The Balaban J connectivity index is 1.28. The van der Waals surface area contributed by atoms with Crippen molar-refractivity contribution in [1.82, 2.24) is 24.1 Å². The van der Waals surface area contributed by atoms with E-state index in [1.165, 1.54) is 44.1 Å². The summed E-state index contributed by atoms with van der Waals surface area (Å²) in [6, 6.07) is 63.3. The molecule has 0 amide bonds. The predicted molar refractivity (Wildman–Crippen MR) is 214 cm³/mol. The van der Waals surface area contributed by atoms with Crippen molar-refractivity contribution in [3.63, 3.8) is 0 Å². The molecule has 0 fully saturated rings. The van der Waals surface area contributed by atoms with Crippen LogP contribution in [0.3, 0.4) is 0 Å². The van der Waals surface area contributed by atoms with Crippen molar-refractivity contribution in [3.8, 4) is 34.2 Å². The summed E-state index contributed by atoms with van der Waals surface area (Å²) in [6.45, 7) is 0. The smallest absolute Gasteiger partial charge is 0.159 e. The topological polar surface area (TPSA) is 48.5 Å². The van der Waals surface area contributed by atoms with Crippen LogP contribution in [0.4, 0.5) is 0 Å². The zero-order valence-corrected chi connectivity index (χ0v) is 28.6. The summed E-state index contributed by atoms with van der Waals surface area (Å²) >= 11 is 0. The molecule has 0 bridgehead atoms. The zero-order chi connectivity index (χ0) is 34.9. The van der Waals surface area contributed by atoms with E-state index in [0.717, 1.165) is 39.4 Å². The van der Waals surface area contributed by atoms with Crippen molar-refractivity contribution in [2.75, 3.05) is 0 Å². The van der Waals surface area contributed by atoms with E-state index >= 15 is 0 Å². The van der Waals surface area contributed by atoms with Crippen LogP contribution in [-0.2, 0) is 5.41 Å². The molecule has 0 N–H and O–H groups in total. The zero-order valence-electron chi connectivity index (χ0n) is 28.6. The molecule has 4 heterocycles. The third-order valence-corrected chi connectivity index (χ3v) is 10.9. The second kappa shape index (κ2) is 11.5. The first kappa shape index (κ1) is 29.6. The fourth-order valence-corrected chi connectivity index (χ4v) is 8.77. The Morgan fingerprint density at radius 2 is 1.08 bits per heavy atom. The van der Waals surface area contributed by atoms with Crippen LogP contribution in [0.5, 0.6) is 0 Å². The van der Waals surface area contributed by atoms with Gasteiger partial charge in [0.05, 0.1) is 33.2 Å². The van der Waals surface area contributed by atoms with Gasteiger partial charge in [-0.15, -0.1) is 0 Å². The molecule has 53 heavy (non-hydrogen) atoms. The van der Waals surface area contributed by atoms with E-state index in [0.29, 0.717) is 5.82 Å². The third kappa shape index (κ3) is 4.22. The van der Waals surface area contributed by atoms with E-state index in [1.54, 1.807) is 12.4 Å². The molecule has 0 aliphatic carbocycles. The van der Waals surface area contributed by atoms with Gasteiger partial charge < -0.3 is 4.57 Å². The Labute approximate surface area is 306 Å². The summed E-state index contributed by atoms with van der Waals surface area (Å²) in [7, 11) is 0. The first-order valence-corrected chi connectivity index (χ1v) is 17.9. The minimum absolute atomic E-state index is 0.640. The van der Waals surface area contributed by atoms with Crippen LogP contribution in [0.2, 0.25) is 0 Å². The number of fused-ring (bicyclic) bond motifs is 5. The standard InChI is InChI=1S/C48H31N5/c1-3-16-34(17-4-1)48(35-18-5-2-6-19-35)39-22-12-23-41-45(39)53(47(51-41)33-15-11-14-32(30-33)46-49-28-13-29-50-46)44-27-26-36(31-40(44)48)52-42-24-9-7-20-37(42)38-21-8-10-25-43(38)52/h1-31H. The number of hydrogen-bond acceptors (Lipinski definition) is 3. The summed E-state index contributed by atoms with van der Waals surface area (Å²) in [4.78, 5) is 14.5. The summed E-state index contributed by atoms with van der Waals surface area (Å²) in [5.74, 6) is 1.57. The molecule has 5 nitrogen and oxygen atoms in total. The molecule has 0 saturated carbocycles. The van der Waals surface area contributed by atoms with Crippen LogP contribution < -0.4 is 0 Å². The number of imidazole rings is 1. The van der Waals surface area contributed by atoms with Crippen molar-refractivity contribution < 1.29 is 0 Å². The van der Waals surface area contributed by atoms with Crippen LogP contribution >= 0.6 is 0 Å². The van der Waals surface area contributed by atoms with Crippen molar-refractivity contribution >= 4 is 32.8 Å². The maximum absolute atomic E-state index is 5.41. The van der Waals surface area contributed by atoms with Crippen molar-refractivity contribution in [2.24, 2.45) is 0 Å². The van der Waals surface area contributed by atoms with E-state index in [2.05, 4.69) is 189 Å². The normalized spacial score (nSPS) is 13.1. The molecule has 0 saturated heterocycles. The van der Waals surface area contributed by atoms with E-state index in [1.807, 2.05) is 6.07 Å². The third-order valence-electron chi connectivity index (χ3n) is 10.9. The molecule has 1 aliphatic rings. The maximum Gasteiger partial charge on any atom is 0.159 e. The van der Waals surface area contributed by atoms with Crippen molar-refractivity contribution in [3.05, 3.63) is 211 Å². The maximum atomic E-state index is 5.41. The van der Waals surface area contributed by atoms with Crippen LogP contribution in [0, 0.1) is 0 Å². The van der Waals surface area contributed by atoms with Crippen molar-refractivity contribution in [2.45, 2.75) is 5.41 Å². The highest BCUT2D eigenvalue weighted by molar-refractivity contribution is 6.09. The van der Waals surface area contributed by atoms with Gasteiger partial charge in [0.1, 0.15) is 5.82 Å². The van der Waals surface area contributed by atoms with E-state index < -0.39 is 5.41 Å². The highest BCUT2D eigenvalue weighted by atomic mass is 15.1. The predicted octanol–water partition coefficient (Wildman–Crippen LogP) is 10.9. The molecule has 3 aromatic heterocycles. The van der Waals surface area contributed by atoms with Crippen LogP contribution in [0.1, 0.15) is 22.3 Å². The Kier molecular flexibility index (Phi) is 6.40. The van der Waals surface area contributed by atoms with Gasteiger partial charge in [-0.25, -0.2) is 15.0 Å². The summed E-state index contributed by atoms with van der Waals surface area (Å²) < 4.78 is 4.80. The molecule has 0 atom stereocenters. The van der Waals surface area contributed by atoms with Crippen molar-refractivity contribution in [1.29, 1.82) is 0 Å². The number of hydrogen-bond donors (Lipinski definition) is 0. The quantitative estimate of drug-likeness (QED) is 0.182. The number of nitrogens with zero attached hydrogens (tertiary/aromatic N) is 5. The van der Waals surface area contributed by atoms with E-state index in [9.17, 15) is 0 Å². The molecule has 0 unspecified atom stereocenters. The molecule has 11 rings (SSSR count). The van der Waals surface area contributed by atoms with Gasteiger partial charge in [-0.3, -0.25) is 4.57 Å². The summed E-state index contributed by atoms with van der Waals surface area (Å²) in [5.41, 5.74) is 12.7. The number of benzene rings is 7. The van der Waals surface area contributed by atoms with Crippen LogP contribution in [0.15, 0.2) is 188 Å². The summed E-state index contributed by atoms with van der Waals surface area (Å²) in [6.07, 6.45) is 3.57. The second-order valence-electron chi connectivity index (χ2n) is 13.7. The number of rotatable bonds is 5. The van der Waals surface area contributed by atoms with Gasteiger partial charge >= 0.3 is 0 Å². The van der Waals surface area contributed by atoms with Gasteiger partial charge in [0.2, 0.25) is 0 Å². The van der Waals surface area contributed by atoms with Gasteiger partial charge in [0, 0.05) is 40.0 Å². The number of para-hydroxylation sites is 3. The minimum atomic E-state index is -0.640. The molecule has 0 radical (unpaired) electrons. The lowest BCUT2D eigenvalue weighted by Gasteiger charge is -2.41. The lowest BCUT2D eigenvalue weighted by atomic mass is 9.63. The Morgan fingerprint density at radius 1 is 0.453 bits per heavy atom. The molecule has 10 aromatic rings. The highest BCUT2D eigenvalue weighted by Gasteiger charge is 2.46. The second-order valence-corrected chi connectivity index (χ2v) is 13.7. The van der Waals surface area contributed by atoms with E-state index in [4.69, 9.17) is 4.98 Å². The van der Waals surface area contributed by atoms with Gasteiger partial charge in [-0.05, 0) is 70.8 Å². The van der Waals surface area contributed by atoms with E-state index in [-0.39, 0.29) is 0 Å². The molecule has 7 aromatic carbocycles. The Hall–Kier alpha value is -7.11. The van der Waals surface area contributed by atoms with Gasteiger partial charge in [0.15, 0.2) is 5.82 Å². The lowest BCUT2D eigenvalue weighted by Crippen LogP contribution is -2.35. The Morgan fingerprint density at radius 3 is 1.77 bits per heavy atom. The molecular formula is C48H31N5. The van der Waals surface area contributed by atoms with Gasteiger partial charge in [-0.1, -0.05) is 127 Å². The molecular weight excluding hydrogens is 647 g/mol. The first-order chi connectivity index (χ1) is 26.3. The average Bonchev–Trinajstić information content (AvgIpc) is 3.79. The van der Waals surface area contributed by atoms with Gasteiger partial charge in [0.25, 0.3) is 0 Å². The SMILES string of the molecule is c1ccc(C2(c3ccccc3)c3cc(-n4c5ccccc5c5ccccc54)ccc3-n3c(-c4cccc(-c5ncccn5)c4)nc4cccc2c43)cc1. The monoisotopic (exact) mass is 677 g/mol. The lowest BCUT2D eigenvalue weighted by molar-refractivity contribution is 0.724. The minimum Gasteiger partial charge on any atom is -0.309 e. The fourth-order valence-electron chi connectivity index (χ4n) is 8.77. The molecule has 0 spiro atoms. The molecule has 248 valence electrons. The molecule has 1 aliphatic heterocycles. The van der Waals surface area contributed by atoms with Crippen LogP contribution in [0.25, 0.3) is 67.0 Å². The highest BCUT2D eigenvalue weighted by Crippen LogP contribution is 2.54. The number of aromatic nitrogens is 5. The largest absolute Gasteiger partial charge is 0.309 e. The average molecular weight is 678 g/mol.